The summed E-state index contributed by atoms with van der Waals surface area (Å²) in [5, 5.41) is 14.8. The average molecular weight is 521 g/mol. The number of benzene rings is 3. The summed E-state index contributed by atoms with van der Waals surface area (Å²) in [7, 11) is 6.04. The van der Waals surface area contributed by atoms with Gasteiger partial charge in [0.15, 0.2) is 11.5 Å². The fourth-order valence-electron chi connectivity index (χ4n) is 3.41. The Kier molecular flexibility index (Phi) is 7.84. The van der Waals surface area contributed by atoms with Crippen LogP contribution in [0.3, 0.4) is 0 Å². The Morgan fingerprint density at radius 2 is 1.32 bits per heavy atom. The number of hydrogen-bond acceptors (Lipinski definition) is 9. The van der Waals surface area contributed by atoms with Gasteiger partial charge in [0.1, 0.15) is 10.8 Å². The molecule has 0 saturated heterocycles. The smallest absolute Gasteiger partial charge is 0.257 e. The minimum atomic E-state index is -0.378. The van der Waals surface area contributed by atoms with E-state index in [1.165, 1.54) is 32.7 Å². The van der Waals surface area contributed by atoms with E-state index in [4.69, 9.17) is 18.9 Å². The SMILES string of the molecule is COc1ccc(-c2nnc(NC(=O)c3ccc(NC(=O)c4cc(OC)c(OC)c(OC)c4)cc3)s2)cc1. The Hall–Kier alpha value is -4.64. The van der Waals surface area contributed by atoms with Gasteiger partial charge in [-0.3, -0.25) is 14.9 Å². The van der Waals surface area contributed by atoms with Gasteiger partial charge in [-0.05, 0) is 60.7 Å². The highest BCUT2D eigenvalue weighted by Gasteiger charge is 2.17. The van der Waals surface area contributed by atoms with Crippen LogP contribution in [0.2, 0.25) is 0 Å². The number of carbonyl (C=O) groups excluding carboxylic acids is 2. The molecule has 1 aromatic heterocycles. The maximum Gasteiger partial charge on any atom is 0.257 e. The van der Waals surface area contributed by atoms with E-state index in [-0.39, 0.29) is 11.8 Å². The predicted octanol–water partition coefficient (Wildman–Crippen LogP) is 4.74. The average Bonchev–Trinajstić information content (AvgIpc) is 3.40. The van der Waals surface area contributed by atoms with Crippen LogP contribution in [0.15, 0.2) is 60.7 Å². The number of rotatable bonds is 9. The summed E-state index contributed by atoms with van der Waals surface area (Å²) >= 11 is 1.26. The molecule has 0 aliphatic rings. The van der Waals surface area contributed by atoms with Crippen molar-refractivity contribution < 1.29 is 28.5 Å². The highest BCUT2D eigenvalue weighted by atomic mass is 32.1. The fraction of sp³-hybridized carbons (Fsp3) is 0.154. The van der Waals surface area contributed by atoms with Crippen molar-refractivity contribution in [1.82, 2.24) is 10.2 Å². The second-order valence-electron chi connectivity index (χ2n) is 7.54. The number of methoxy groups -OCH3 is 4. The third-order valence-electron chi connectivity index (χ3n) is 5.31. The lowest BCUT2D eigenvalue weighted by atomic mass is 10.1. The van der Waals surface area contributed by atoms with Gasteiger partial charge < -0.3 is 24.3 Å². The van der Waals surface area contributed by atoms with Gasteiger partial charge in [-0.25, -0.2) is 0 Å². The molecule has 4 rings (SSSR count). The summed E-state index contributed by atoms with van der Waals surface area (Å²) in [6.07, 6.45) is 0. The van der Waals surface area contributed by atoms with Gasteiger partial charge in [0.05, 0.1) is 28.4 Å². The lowest BCUT2D eigenvalue weighted by molar-refractivity contribution is 0.101. The zero-order chi connectivity index (χ0) is 26.4. The number of amides is 2. The van der Waals surface area contributed by atoms with Gasteiger partial charge >= 0.3 is 0 Å². The van der Waals surface area contributed by atoms with Crippen LogP contribution in [0.1, 0.15) is 20.7 Å². The van der Waals surface area contributed by atoms with E-state index in [0.29, 0.717) is 44.2 Å². The van der Waals surface area contributed by atoms with Gasteiger partial charge in [-0.2, -0.15) is 0 Å². The van der Waals surface area contributed by atoms with Gasteiger partial charge in [-0.15, -0.1) is 10.2 Å². The minimum Gasteiger partial charge on any atom is -0.497 e. The van der Waals surface area contributed by atoms with Crippen molar-refractivity contribution in [1.29, 1.82) is 0 Å². The lowest BCUT2D eigenvalue weighted by Gasteiger charge is -2.14. The van der Waals surface area contributed by atoms with Crippen molar-refractivity contribution in [2.24, 2.45) is 0 Å². The third kappa shape index (κ3) is 5.78. The summed E-state index contributed by atoms with van der Waals surface area (Å²) in [6, 6.07) is 17.0. The van der Waals surface area contributed by atoms with E-state index in [0.717, 1.165) is 11.3 Å². The topological polar surface area (TPSA) is 121 Å². The molecule has 0 bridgehead atoms. The van der Waals surface area contributed by atoms with Crippen LogP contribution in [-0.2, 0) is 0 Å². The van der Waals surface area contributed by atoms with Crippen molar-refractivity contribution in [2.45, 2.75) is 0 Å². The van der Waals surface area contributed by atoms with Crippen molar-refractivity contribution >= 4 is 34.0 Å². The zero-order valence-electron chi connectivity index (χ0n) is 20.5. The Labute approximate surface area is 217 Å². The van der Waals surface area contributed by atoms with Crippen LogP contribution in [0, 0.1) is 0 Å². The Bertz CT molecular complexity index is 1380. The predicted molar refractivity (Wildman–Crippen MR) is 140 cm³/mol. The molecule has 0 unspecified atom stereocenters. The van der Waals surface area contributed by atoms with Crippen LogP contribution < -0.4 is 29.6 Å². The Morgan fingerprint density at radius 3 is 1.89 bits per heavy atom. The van der Waals surface area contributed by atoms with E-state index < -0.39 is 0 Å². The molecule has 0 spiro atoms. The Balaban J connectivity index is 1.41. The van der Waals surface area contributed by atoms with Crippen molar-refractivity contribution in [3.63, 3.8) is 0 Å². The van der Waals surface area contributed by atoms with E-state index in [2.05, 4.69) is 20.8 Å². The van der Waals surface area contributed by atoms with E-state index in [1.54, 1.807) is 43.5 Å². The monoisotopic (exact) mass is 520 g/mol. The Morgan fingerprint density at radius 1 is 0.703 bits per heavy atom. The fourth-order valence-corrected chi connectivity index (χ4v) is 4.16. The maximum atomic E-state index is 12.8. The molecule has 0 aliphatic carbocycles. The number of aromatic nitrogens is 2. The van der Waals surface area contributed by atoms with Gasteiger partial charge in [0.2, 0.25) is 10.9 Å². The second kappa shape index (κ2) is 11.4. The molecule has 2 amide bonds. The van der Waals surface area contributed by atoms with Crippen LogP contribution in [0.4, 0.5) is 10.8 Å². The standard InChI is InChI=1S/C26H24N4O6S/c1-33-19-11-7-16(8-12-19)25-29-30-26(37-25)28-23(31)15-5-9-18(10-6-15)27-24(32)17-13-20(34-2)22(36-4)21(14-17)35-3/h5-14H,1-4H3,(H,27,32)(H,28,30,31). The first-order valence-electron chi connectivity index (χ1n) is 11.0. The molecule has 0 saturated carbocycles. The lowest BCUT2D eigenvalue weighted by Crippen LogP contribution is -2.14. The number of nitrogens with one attached hydrogen (secondary N) is 2. The minimum absolute atomic E-state index is 0.320. The molecular weight excluding hydrogens is 496 g/mol. The van der Waals surface area contributed by atoms with Gasteiger partial charge in [0, 0.05) is 22.4 Å². The summed E-state index contributed by atoms with van der Waals surface area (Å²) in [5.74, 6) is 1.14. The second-order valence-corrected chi connectivity index (χ2v) is 8.52. The number of carbonyl (C=O) groups is 2. The molecule has 0 fully saturated rings. The quantitative estimate of drug-likeness (QED) is 0.325. The van der Waals surface area contributed by atoms with Crippen molar-refractivity contribution in [2.75, 3.05) is 39.1 Å². The molecule has 1 heterocycles. The summed E-state index contributed by atoms with van der Waals surface area (Å²) in [5.41, 5.74) is 2.09. The molecule has 11 heteroatoms. The molecule has 190 valence electrons. The van der Waals surface area contributed by atoms with E-state index in [9.17, 15) is 9.59 Å². The largest absolute Gasteiger partial charge is 0.497 e. The highest BCUT2D eigenvalue weighted by Crippen LogP contribution is 2.38. The van der Waals surface area contributed by atoms with E-state index in [1.807, 2.05) is 24.3 Å². The van der Waals surface area contributed by atoms with Crippen LogP contribution >= 0.6 is 11.3 Å². The zero-order valence-corrected chi connectivity index (χ0v) is 21.3. The molecular formula is C26H24N4O6S. The molecule has 10 nitrogen and oxygen atoms in total. The maximum absolute atomic E-state index is 12.8. The number of nitrogens with zero attached hydrogens (tertiary/aromatic N) is 2. The first kappa shape index (κ1) is 25.5. The van der Waals surface area contributed by atoms with Crippen molar-refractivity contribution in [3.8, 4) is 33.6 Å². The normalized spacial score (nSPS) is 10.4. The number of hydrogen-bond donors (Lipinski definition) is 2. The van der Waals surface area contributed by atoms with Crippen LogP contribution in [0.5, 0.6) is 23.0 Å². The summed E-state index contributed by atoms with van der Waals surface area (Å²) in [4.78, 5) is 25.5. The molecule has 2 N–H and O–H groups in total. The van der Waals surface area contributed by atoms with Crippen molar-refractivity contribution in [3.05, 3.63) is 71.8 Å². The molecule has 37 heavy (non-hydrogen) atoms. The third-order valence-corrected chi connectivity index (χ3v) is 6.20. The first-order valence-corrected chi connectivity index (χ1v) is 11.8. The highest BCUT2D eigenvalue weighted by molar-refractivity contribution is 7.18. The molecule has 3 aromatic carbocycles. The van der Waals surface area contributed by atoms with Gasteiger partial charge in [0.25, 0.3) is 11.8 Å². The number of ether oxygens (including phenoxy) is 4. The summed E-state index contributed by atoms with van der Waals surface area (Å²) < 4.78 is 21.1. The molecule has 0 aliphatic heterocycles. The van der Waals surface area contributed by atoms with Crippen LogP contribution in [-0.4, -0.2) is 50.5 Å². The molecule has 0 radical (unpaired) electrons. The summed E-state index contributed by atoms with van der Waals surface area (Å²) in [6.45, 7) is 0. The number of anilines is 2. The van der Waals surface area contributed by atoms with Crippen LogP contribution in [0.25, 0.3) is 10.6 Å². The van der Waals surface area contributed by atoms with E-state index >= 15 is 0 Å². The molecule has 4 aromatic rings. The first-order chi connectivity index (χ1) is 17.9. The molecule has 0 atom stereocenters. The van der Waals surface area contributed by atoms with Gasteiger partial charge in [-0.1, -0.05) is 11.3 Å².